The third-order valence-electron chi connectivity index (χ3n) is 2.08. The molecule has 0 fully saturated rings. The highest BCUT2D eigenvalue weighted by Gasteiger charge is 2.26. The Hall–Kier alpha value is -1.24. The van der Waals surface area contributed by atoms with Crippen molar-refractivity contribution in [3.8, 4) is 0 Å². The summed E-state index contributed by atoms with van der Waals surface area (Å²) in [7, 11) is -2.41. The van der Waals surface area contributed by atoms with E-state index in [2.05, 4.69) is 31.0 Å². The van der Waals surface area contributed by atoms with Crippen LogP contribution in [0.15, 0.2) is 20.3 Å². The first-order chi connectivity index (χ1) is 9.33. The molecule has 2 rings (SSSR count). The molecule has 0 spiro atoms. The lowest BCUT2D eigenvalue weighted by Crippen LogP contribution is -2.11. The van der Waals surface area contributed by atoms with Crippen LogP contribution in [0.5, 0.6) is 0 Å². The summed E-state index contributed by atoms with van der Waals surface area (Å²) in [5.41, 5.74) is -0.279. The van der Waals surface area contributed by atoms with Gasteiger partial charge < -0.3 is 5.32 Å². The Kier molecular flexibility index (Phi) is 4.27. The number of thiophene rings is 1. The molecule has 0 unspecified atom stereocenters. The second-order valence-corrected chi connectivity index (χ2v) is 8.73. The van der Waals surface area contributed by atoms with E-state index < -0.39 is 14.9 Å². The topological polar surface area (TPSA) is 114 Å². The molecule has 0 aliphatic carbocycles. The van der Waals surface area contributed by atoms with Gasteiger partial charge in [0.1, 0.15) is 4.21 Å². The summed E-state index contributed by atoms with van der Waals surface area (Å²) in [6.07, 6.45) is 1.46. The van der Waals surface area contributed by atoms with E-state index in [4.69, 9.17) is 0 Å². The van der Waals surface area contributed by atoms with E-state index in [-0.39, 0.29) is 20.0 Å². The van der Waals surface area contributed by atoms with Crippen LogP contribution in [0.4, 0.5) is 15.8 Å². The molecule has 2 N–H and O–H groups in total. The smallest absolute Gasteiger partial charge is 0.304 e. The maximum Gasteiger partial charge on any atom is 0.304 e. The summed E-state index contributed by atoms with van der Waals surface area (Å²) in [6, 6.07) is 1.02. The Balaban J connectivity index is 2.37. The van der Waals surface area contributed by atoms with Crippen LogP contribution in [-0.2, 0) is 10.0 Å². The number of hydrogen-bond donors (Lipinski definition) is 2. The molecule has 0 bridgehead atoms. The van der Waals surface area contributed by atoms with Crippen molar-refractivity contribution in [1.82, 2.24) is 4.98 Å². The van der Waals surface area contributed by atoms with E-state index in [0.29, 0.717) is 3.79 Å². The standard InChI is InChI=1S/C8H7BrN4O4S3/c1-10-7-4(13(14)15)2-6(19-7)20(16,17)12-8-11-3-5(9)18-8/h2-3,10H,1H3,(H,11,12). The minimum atomic E-state index is -3.89. The molecule has 0 radical (unpaired) electrons. The first-order valence-electron chi connectivity index (χ1n) is 4.93. The summed E-state index contributed by atoms with van der Waals surface area (Å²) in [4.78, 5) is 14.0. The van der Waals surface area contributed by atoms with Gasteiger partial charge in [-0.25, -0.2) is 13.4 Å². The van der Waals surface area contributed by atoms with Crippen molar-refractivity contribution in [2.24, 2.45) is 0 Å². The summed E-state index contributed by atoms with van der Waals surface area (Å²) < 4.78 is 27.0. The molecule has 8 nitrogen and oxygen atoms in total. The van der Waals surface area contributed by atoms with Gasteiger partial charge in [-0.1, -0.05) is 22.7 Å². The van der Waals surface area contributed by atoms with E-state index in [0.717, 1.165) is 28.7 Å². The van der Waals surface area contributed by atoms with Gasteiger partial charge in [0, 0.05) is 13.1 Å². The summed E-state index contributed by atoms with van der Waals surface area (Å²) >= 11 is 5.05. The number of hydrogen-bond acceptors (Lipinski definition) is 8. The Morgan fingerprint density at radius 3 is 2.60 bits per heavy atom. The number of anilines is 2. The Morgan fingerprint density at radius 1 is 1.45 bits per heavy atom. The van der Waals surface area contributed by atoms with Crippen LogP contribution >= 0.6 is 38.6 Å². The van der Waals surface area contributed by atoms with Gasteiger partial charge in [0.15, 0.2) is 10.1 Å². The van der Waals surface area contributed by atoms with Crippen LogP contribution in [0.1, 0.15) is 0 Å². The highest BCUT2D eigenvalue weighted by atomic mass is 79.9. The normalized spacial score (nSPS) is 11.3. The third-order valence-corrected chi connectivity index (χ3v) is 6.55. The first kappa shape index (κ1) is 15.2. The monoisotopic (exact) mass is 398 g/mol. The fourth-order valence-corrected chi connectivity index (χ4v) is 4.90. The largest absolute Gasteiger partial charge is 0.374 e. The zero-order valence-electron chi connectivity index (χ0n) is 9.78. The molecule has 0 saturated carbocycles. The minimum absolute atomic E-state index is 0.153. The van der Waals surface area contributed by atoms with Crippen molar-refractivity contribution < 1.29 is 13.3 Å². The molecule has 12 heteroatoms. The van der Waals surface area contributed by atoms with Gasteiger partial charge in [0.2, 0.25) is 0 Å². The van der Waals surface area contributed by atoms with Crippen LogP contribution in [-0.4, -0.2) is 25.4 Å². The quantitative estimate of drug-likeness (QED) is 0.590. The van der Waals surface area contributed by atoms with Crippen molar-refractivity contribution >= 4 is 64.4 Å². The fraction of sp³-hybridized carbons (Fsp3) is 0.125. The van der Waals surface area contributed by atoms with Crippen LogP contribution < -0.4 is 10.0 Å². The summed E-state index contributed by atoms with van der Waals surface area (Å²) in [5.74, 6) is 0. The van der Waals surface area contributed by atoms with E-state index in [1.54, 1.807) is 0 Å². The average Bonchev–Trinajstić information content (AvgIpc) is 2.95. The van der Waals surface area contributed by atoms with E-state index >= 15 is 0 Å². The Labute approximate surface area is 130 Å². The lowest BCUT2D eigenvalue weighted by molar-refractivity contribution is -0.383. The molecule has 108 valence electrons. The molecular formula is C8H7BrN4O4S3. The molecule has 2 aromatic heterocycles. The van der Waals surface area contributed by atoms with Crippen molar-refractivity contribution in [3.05, 3.63) is 26.2 Å². The average molecular weight is 399 g/mol. The van der Waals surface area contributed by atoms with Gasteiger partial charge >= 0.3 is 5.69 Å². The van der Waals surface area contributed by atoms with Crippen LogP contribution in [0.25, 0.3) is 0 Å². The second-order valence-electron chi connectivity index (χ2n) is 3.36. The first-order valence-corrected chi connectivity index (χ1v) is 8.84. The van der Waals surface area contributed by atoms with Crippen molar-refractivity contribution in [1.29, 1.82) is 0 Å². The van der Waals surface area contributed by atoms with Gasteiger partial charge in [-0.05, 0) is 15.9 Å². The van der Waals surface area contributed by atoms with E-state index in [1.807, 2.05) is 0 Å². The van der Waals surface area contributed by atoms with Gasteiger partial charge in [-0.2, -0.15) is 0 Å². The number of rotatable bonds is 5. The fourth-order valence-electron chi connectivity index (χ4n) is 1.27. The predicted molar refractivity (Wildman–Crippen MR) is 81.1 cm³/mol. The highest BCUT2D eigenvalue weighted by molar-refractivity contribution is 9.11. The van der Waals surface area contributed by atoms with Crippen LogP contribution in [0.3, 0.4) is 0 Å². The molecule has 2 aromatic rings. The minimum Gasteiger partial charge on any atom is -0.374 e. The number of thiazole rings is 1. The Morgan fingerprint density at radius 2 is 2.15 bits per heavy atom. The van der Waals surface area contributed by atoms with Gasteiger partial charge in [-0.3, -0.25) is 14.8 Å². The molecule has 0 amide bonds. The van der Waals surface area contributed by atoms with Gasteiger partial charge in [0.25, 0.3) is 10.0 Å². The number of halogens is 1. The van der Waals surface area contributed by atoms with Gasteiger partial charge in [-0.15, -0.1) is 0 Å². The zero-order chi connectivity index (χ0) is 14.9. The second kappa shape index (κ2) is 5.63. The molecule has 0 atom stereocenters. The van der Waals surface area contributed by atoms with Gasteiger partial charge in [0.05, 0.1) is 14.9 Å². The summed E-state index contributed by atoms with van der Waals surface area (Å²) in [5, 5.41) is 13.8. The molecule has 0 aliphatic heterocycles. The molecule has 0 saturated heterocycles. The number of nitro groups is 1. The SMILES string of the molecule is CNc1sc(S(=O)(=O)Nc2ncc(Br)s2)cc1[N+](=O)[O-]. The highest BCUT2D eigenvalue weighted by Crippen LogP contribution is 2.37. The van der Waals surface area contributed by atoms with E-state index in [1.165, 1.54) is 13.2 Å². The van der Waals surface area contributed by atoms with Crippen molar-refractivity contribution in [2.75, 3.05) is 17.1 Å². The Bertz CT molecular complexity index is 754. The lowest BCUT2D eigenvalue weighted by Gasteiger charge is -2.00. The maximum absolute atomic E-state index is 12.1. The zero-order valence-corrected chi connectivity index (χ0v) is 13.8. The van der Waals surface area contributed by atoms with Crippen LogP contribution in [0.2, 0.25) is 0 Å². The number of aromatic nitrogens is 1. The number of sulfonamides is 1. The van der Waals surface area contributed by atoms with Crippen molar-refractivity contribution in [2.45, 2.75) is 4.21 Å². The lowest BCUT2D eigenvalue weighted by atomic mass is 10.5. The number of nitrogens with one attached hydrogen (secondary N) is 2. The molecule has 20 heavy (non-hydrogen) atoms. The van der Waals surface area contributed by atoms with E-state index in [9.17, 15) is 18.5 Å². The molecule has 0 aliphatic rings. The number of nitrogens with zero attached hydrogens (tertiary/aromatic N) is 2. The molecule has 2 heterocycles. The summed E-state index contributed by atoms with van der Waals surface area (Å²) in [6.45, 7) is 0. The van der Waals surface area contributed by atoms with Crippen molar-refractivity contribution in [3.63, 3.8) is 0 Å². The van der Waals surface area contributed by atoms with Crippen LogP contribution in [0, 0.1) is 10.1 Å². The maximum atomic E-state index is 12.1. The molecule has 0 aromatic carbocycles. The molecular weight excluding hydrogens is 392 g/mol. The predicted octanol–water partition coefficient (Wildman–Crippen LogP) is 2.72. The third kappa shape index (κ3) is 3.08.